The number of fused-ring (bicyclic) bond motifs is 1. The van der Waals surface area contributed by atoms with E-state index >= 15 is 0 Å². The van der Waals surface area contributed by atoms with Crippen LogP contribution in [0.1, 0.15) is 38.2 Å². The third-order valence-electron chi connectivity index (χ3n) is 5.32. The maximum absolute atomic E-state index is 13.5. The molecule has 2 aromatic carbocycles. The number of benzene rings is 2. The van der Waals surface area contributed by atoms with E-state index in [-0.39, 0.29) is 25.9 Å². The monoisotopic (exact) mass is 441 g/mol. The van der Waals surface area contributed by atoms with Crippen LogP contribution in [0.15, 0.2) is 48.5 Å². The number of carbonyl (C=O) groups is 2. The van der Waals surface area contributed by atoms with Gasteiger partial charge in [-0.2, -0.15) is 0 Å². The Labute approximate surface area is 189 Å². The summed E-state index contributed by atoms with van der Waals surface area (Å²) in [5.41, 5.74) is 4.56. The molecule has 1 atom stereocenters. The van der Waals surface area contributed by atoms with E-state index in [1.165, 1.54) is 10.1 Å². The van der Waals surface area contributed by atoms with Gasteiger partial charge in [0.05, 0.1) is 18.2 Å². The second-order valence-corrected chi connectivity index (χ2v) is 7.59. The molecule has 0 bridgehead atoms. The lowest BCUT2D eigenvalue weighted by atomic mass is 9.99. The minimum atomic E-state index is -0.430. The molecule has 1 heterocycles. The van der Waals surface area contributed by atoms with Crippen molar-refractivity contribution in [2.24, 2.45) is 5.92 Å². The third-order valence-corrected chi connectivity index (χ3v) is 5.32. The van der Waals surface area contributed by atoms with E-state index < -0.39 is 5.92 Å². The van der Waals surface area contributed by atoms with Gasteiger partial charge in [-0.25, -0.2) is 15.5 Å². The van der Waals surface area contributed by atoms with Gasteiger partial charge in [-0.05, 0) is 24.1 Å². The van der Waals surface area contributed by atoms with Crippen LogP contribution in [0.25, 0.3) is 0 Å². The molecule has 32 heavy (non-hydrogen) atoms. The van der Waals surface area contributed by atoms with Crippen molar-refractivity contribution in [2.45, 2.75) is 39.2 Å². The molecule has 1 aliphatic heterocycles. The molecule has 0 aliphatic carbocycles. The van der Waals surface area contributed by atoms with E-state index in [2.05, 4.69) is 12.3 Å². The molecule has 1 aliphatic rings. The lowest BCUT2D eigenvalue weighted by molar-refractivity contribution is -0.182. The van der Waals surface area contributed by atoms with E-state index in [0.717, 1.165) is 24.8 Å². The summed E-state index contributed by atoms with van der Waals surface area (Å²) in [6.07, 6.45) is 4.22. The molecule has 0 fully saturated rings. The van der Waals surface area contributed by atoms with Crippen LogP contribution < -0.4 is 19.9 Å². The second-order valence-electron chi connectivity index (χ2n) is 7.59. The van der Waals surface area contributed by atoms with Crippen LogP contribution in [-0.2, 0) is 21.0 Å². The van der Waals surface area contributed by atoms with Gasteiger partial charge in [0, 0.05) is 13.1 Å². The molecule has 8 heteroatoms. The lowest BCUT2D eigenvalue weighted by Gasteiger charge is -2.29. The quantitative estimate of drug-likeness (QED) is 0.290. The Morgan fingerprint density at radius 2 is 1.94 bits per heavy atom. The zero-order valence-corrected chi connectivity index (χ0v) is 18.7. The van der Waals surface area contributed by atoms with Crippen LogP contribution in [0, 0.1) is 5.92 Å². The number of nitrogens with one attached hydrogen (secondary N) is 1. The van der Waals surface area contributed by atoms with Crippen molar-refractivity contribution in [3.8, 4) is 11.5 Å². The van der Waals surface area contributed by atoms with Crippen LogP contribution in [0.4, 0.5) is 5.69 Å². The highest BCUT2D eigenvalue weighted by Crippen LogP contribution is 2.35. The number of rotatable bonds is 13. The Morgan fingerprint density at radius 3 is 2.66 bits per heavy atom. The summed E-state index contributed by atoms with van der Waals surface area (Å²) in [6, 6.07) is 14.9. The van der Waals surface area contributed by atoms with Crippen LogP contribution in [0.2, 0.25) is 0 Å². The van der Waals surface area contributed by atoms with Gasteiger partial charge in [0.15, 0.2) is 11.5 Å². The van der Waals surface area contributed by atoms with E-state index in [0.29, 0.717) is 30.0 Å². The topological polar surface area (TPSA) is 80.3 Å². The number of hydrogen-bond donors (Lipinski definition) is 1. The first-order valence-electron chi connectivity index (χ1n) is 11.0. The first-order valence-corrected chi connectivity index (χ1v) is 11.0. The van der Waals surface area contributed by atoms with Gasteiger partial charge in [-0.15, -0.1) is 0 Å². The number of hydrogen-bond acceptors (Lipinski definition) is 6. The van der Waals surface area contributed by atoms with Gasteiger partial charge < -0.3 is 9.47 Å². The number of ether oxygens (including phenoxy) is 2. The molecule has 3 rings (SSSR count). The Bertz CT molecular complexity index is 877. The van der Waals surface area contributed by atoms with Crippen LogP contribution >= 0.6 is 0 Å². The summed E-state index contributed by atoms with van der Waals surface area (Å²) in [5, 5.41) is 2.70. The molecular weight excluding hydrogens is 410 g/mol. The highest BCUT2D eigenvalue weighted by molar-refractivity contribution is 5.94. The first kappa shape index (κ1) is 23.6. The van der Waals surface area contributed by atoms with Crippen molar-refractivity contribution >= 4 is 18.0 Å². The molecule has 0 saturated carbocycles. The van der Waals surface area contributed by atoms with Crippen molar-refractivity contribution in [1.82, 2.24) is 10.5 Å². The summed E-state index contributed by atoms with van der Waals surface area (Å²) in [5.74, 6) is 0.676. The van der Waals surface area contributed by atoms with Gasteiger partial charge in [0.1, 0.15) is 6.61 Å². The predicted octanol–water partition coefficient (Wildman–Crippen LogP) is 3.67. The maximum atomic E-state index is 13.5. The normalized spacial score (nSPS) is 12.9. The highest BCUT2D eigenvalue weighted by Gasteiger charge is 2.28. The Hall–Kier alpha value is -3.10. The fourth-order valence-corrected chi connectivity index (χ4v) is 3.58. The van der Waals surface area contributed by atoms with Crippen LogP contribution in [0.5, 0.6) is 11.5 Å². The molecular formula is C24H31N3O5. The molecule has 0 unspecified atom stereocenters. The molecule has 8 nitrogen and oxygen atoms in total. The molecule has 2 aromatic rings. The average molecular weight is 442 g/mol. The predicted molar refractivity (Wildman–Crippen MR) is 121 cm³/mol. The zero-order valence-electron chi connectivity index (χ0n) is 18.7. The lowest BCUT2D eigenvalue weighted by Crippen LogP contribution is -2.47. The number of nitrogens with zero attached hydrogens (tertiary/aromatic N) is 2. The van der Waals surface area contributed by atoms with Gasteiger partial charge in [0.2, 0.25) is 19.1 Å². The van der Waals surface area contributed by atoms with Crippen molar-refractivity contribution < 1.29 is 23.9 Å². The van der Waals surface area contributed by atoms with Gasteiger partial charge in [0.25, 0.3) is 0 Å². The molecule has 2 amide bonds. The van der Waals surface area contributed by atoms with E-state index in [9.17, 15) is 9.59 Å². The smallest absolute Gasteiger partial charge is 0.246 e. The van der Waals surface area contributed by atoms with E-state index in [1.807, 2.05) is 30.3 Å². The van der Waals surface area contributed by atoms with Crippen molar-refractivity contribution in [3.05, 3.63) is 54.1 Å². The number of carbonyl (C=O) groups excluding carboxylic acids is 2. The zero-order chi connectivity index (χ0) is 22.8. The number of anilines is 1. The molecule has 0 saturated heterocycles. The number of hydrazine groups is 1. The van der Waals surface area contributed by atoms with Crippen LogP contribution in [-0.4, -0.2) is 37.8 Å². The van der Waals surface area contributed by atoms with Crippen molar-refractivity contribution in [3.63, 3.8) is 0 Å². The summed E-state index contributed by atoms with van der Waals surface area (Å²) < 4.78 is 10.8. The minimum absolute atomic E-state index is 0.141. The molecule has 1 N–H and O–H groups in total. The fourth-order valence-electron chi connectivity index (χ4n) is 3.58. The minimum Gasteiger partial charge on any atom is -0.454 e. The second kappa shape index (κ2) is 12.1. The summed E-state index contributed by atoms with van der Waals surface area (Å²) in [4.78, 5) is 30.9. The molecule has 0 spiro atoms. The standard InChI is InChI=1S/C24H31N3O5/c1-3-4-6-11-20(15-26(17-28)32-16-19-9-7-5-8-10-19)24(29)27(25-2)21-12-13-22-23(14-21)31-18-30-22/h5,7-10,12-14,17,20,25H,3-4,6,11,15-16,18H2,1-2H3/t20-/m1/s1. The maximum Gasteiger partial charge on any atom is 0.246 e. The summed E-state index contributed by atoms with van der Waals surface area (Å²) >= 11 is 0. The van der Waals surface area contributed by atoms with Gasteiger partial charge >= 0.3 is 0 Å². The van der Waals surface area contributed by atoms with E-state index in [4.69, 9.17) is 14.3 Å². The SMILES string of the molecule is CCCCC[C@H](CN(C=O)OCc1ccccc1)C(=O)N(NC)c1ccc2c(c1)OCO2. The fraction of sp³-hybridized carbons (Fsp3) is 0.417. The Balaban J connectivity index is 1.71. The number of amides is 2. The van der Waals surface area contributed by atoms with Crippen molar-refractivity contribution in [1.29, 1.82) is 0 Å². The highest BCUT2D eigenvalue weighted by atomic mass is 16.7. The van der Waals surface area contributed by atoms with E-state index in [1.54, 1.807) is 25.2 Å². The number of hydroxylamine groups is 2. The summed E-state index contributed by atoms with van der Waals surface area (Å²) in [7, 11) is 1.69. The molecule has 0 radical (unpaired) electrons. The molecule has 172 valence electrons. The van der Waals surface area contributed by atoms with Gasteiger partial charge in [-0.1, -0.05) is 56.5 Å². The third kappa shape index (κ3) is 6.21. The first-order chi connectivity index (χ1) is 15.7. The Morgan fingerprint density at radius 1 is 1.16 bits per heavy atom. The largest absolute Gasteiger partial charge is 0.454 e. The molecule has 0 aromatic heterocycles. The number of unbranched alkanes of at least 4 members (excludes halogenated alkanes) is 2. The van der Waals surface area contributed by atoms with Crippen molar-refractivity contribution in [2.75, 3.05) is 25.4 Å². The average Bonchev–Trinajstić information content (AvgIpc) is 3.30. The van der Waals surface area contributed by atoms with Gasteiger partial charge in [-0.3, -0.25) is 14.4 Å². The Kier molecular flexibility index (Phi) is 8.89. The van der Waals surface area contributed by atoms with Crippen LogP contribution in [0.3, 0.4) is 0 Å². The summed E-state index contributed by atoms with van der Waals surface area (Å²) in [6.45, 7) is 2.71.